The summed E-state index contributed by atoms with van der Waals surface area (Å²) in [6, 6.07) is 6.30. The molecule has 0 heterocycles. The van der Waals surface area contributed by atoms with Crippen molar-refractivity contribution in [2.24, 2.45) is 0 Å². The Balaban J connectivity index is 2.59. The Kier molecular flexibility index (Phi) is 6.20. The highest BCUT2D eigenvalue weighted by Gasteiger charge is 2.36. The van der Waals surface area contributed by atoms with Gasteiger partial charge in [-0.15, -0.1) is 0 Å². The summed E-state index contributed by atoms with van der Waals surface area (Å²) in [6.07, 6.45) is 1.58. The smallest absolute Gasteiger partial charge is 0.191 e. The normalized spacial score (nSPS) is 14.3. The van der Waals surface area contributed by atoms with Crippen LogP contribution in [0.1, 0.15) is 56.9 Å². The lowest BCUT2D eigenvalue weighted by molar-refractivity contribution is 0.198. The van der Waals surface area contributed by atoms with E-state index < -0.39 is 14.4 Å². The summed E-state index contributed by atoms with van der Waals surface area (Å²) in [5.74, 6) is 0. The highest BCUT2D eigenvalue weighted by atomic mass is 28.4. The van der Waals surface area contributed by atoms with Gasteiger partial charge in [-0.25, -0.2) is 0 Å². The van der Waals surface area contributed by atoms with Crippen LogP contribution in [-0.4, -0.2) is 20.0 Å². The minimum absolute atomic E-state index is 0.265. The van der Waals surface area contributed by atoms with Gasteiger partial charge in [0.05, 0.1) is 6.10 Å². The van der Waals surface area contributed by atoms with Crippen LogP contribution in [0.2, 0.25) is 18.1 Å². The van der Waals surface area contributed by atoms with Crippen LogP contribution >= 0.6 is 0 Å². The first-order chi connectivity index (χ1) is 9.54. The summed E-state index contributed by atoms with van der Waals surface area (Å²) in [5.41, 5.74) is 3.55. The lowest BCUT2D eigenvalue weighted by Crippen LogP contribution is -2.41. The maximum absolute atomic E-state index is 9.86. The molecule has 0 radical (unpaired) electrons. The van der Waals surface area contributed by atoms with E-state index in [9.17, 15) is 5.11 Å². The quantitative estimate of drug-likeness (QED) is 0.592. The third-order valence-electron chi connectivity index (χ3n) is 4.61. The molecule has 1 N–H and O–H groups in total. The Morgan fingerprint density at radius 3 is 2.38 bits per heavy atom. The third kappa shape index (κ3) is 5.24. The lowest BCUT2D eigenvalue weighted by atomic mass is 9.97. The van der Waals surface area contributed by atoms with Crippen LogP contribution in [0.3, 0.4) is 0 Å². The highest BCUT2D eigenvalue weighted by molar-refractivity contribution is 6.74. The molecule has 0 aliphatic rings. The molecule has 0 amide bonds. The van der Waals surface area contributed by atoms with Gasteiger partial charge in [0.1, 0.15) is 0 Å². The molecule has 0 unspecified atom stereocenters. The summed E-state index contributed by atoms with van der Waals surface area (Å²) in [5, 5.41) is 10.1. The second-order valence-electron chi connectivity index (χ2n) is 7.59. The molecule has 0 fully saturated rings. The van der Waals surface area contributed by atoms with E-state index in [1.807, 2.05) is 13.0 Å². The van der Waals surface area contributed by atoms with Crippen molar-refractivity contribution in [1.82, 2.24) is 0 Å². The number of hydrogen-bond acceptors (Lipinski definition) is 2. The van der Waals surface area contributed by atoms with Gasteiger partial charge in [-0.3, -0.25) is 0 Å². The van der Waals surface area contributed by atoms with Gasteiger partial charge in [0.2, 0.25) is 0 Å². The Morgan fingerprint density at radius 2 is 1.86 bits per heavy atom. The first-order valence-corrected chi connectivity index (χ1v) is 10.9. The van der Waals surface area contributed by atoms with E-state index in [-0.39, 0.29) is 5.04 Å². The van der Waals surface area contributed by atoms with Crippen LogP contribution in [0, 0.1) is 6.92 Å². The van der Waals surface area contributed by atoms with Crippen molar-refractivity contribution < 1.29 is 9.53 Å². The zero-order valence-electron chi connectivity index (χ0n) is 14.8. The number of hydrogen-bond donors (Lipinski definition) is 1. The van der Waals surface area contributed by atoms with Crippen molar-refractivity contribution in [2.75, 3.05) is 6.61 Å². The molecule has 0 aliphatic carbocycles. The van der Waals surface area contributed by atoms with Crippen molar-refractivity contribution in [2.45, 2.75) is 71.7 Å². The molecular weight excluding hydrogens is 276 g/mol. The van der Waals surface area contributed by atoms with E-state index in [0.29, 0.717) is 0 Å². The Hall–Kier alpha value is -0.643. The van der Waals surface area contributed by atoms with Crippen LogP contribution in [0.4, 0.5) is 0 Å². The van der Waals surface area contributed by atoms with Crippen LogP contribution in [0.5, 0.6) is 0 Å². The van der Waals surface area contributed by atoms with Crippen LogP contribution < -0.4 is 0 Å². The number of aryl methyl sites for hydroxylation is 2. The van der Waals surface area contributed by atoms with E-state index in [2.05, 4.69) is 52.9 Å². The predicted octanol–water partition coefficient (Wildman–Crippen LogP) is 5.00. The minimum atomic E-state index is -1.64. The largest absolute Gasteiger partial charge is 0.417 e. The first kappa shape index (κ1) is 18.4. The molecule has 21 heavy (non-hydrogen) atoms. The zero-order valence-corrected chi connectivity index (χ0v) is 15.8. The number of rotatable bonds is 6. The van der Waals surface area contributed by atoms with E-state index >= 15 is 0 Å². The van der Waals surface area contributed by atoms with Gasteiger partial charge in [-0.05, 0) is 55.9 Å². The lowest BCUT2D eigenvalue weighted by Gasteiger charge is -2.36. The van der Waals surface area contributed by atoms with Gasteiger partial charge in [0, 0.05) is 6.61 Å². The SMILES string of the molecule is Cc1ccc([C@@H](C)O)c(CCCO[Si](C)(C)C(C)(C)C)c1. The van der Waals surface area contributed by atoms with Gasteiger partial charge in [0.15, 0.2) is 8.32 Å². The summed E-state index contributed by atoms with van der Waals surface area (Å²) in [6.45, 7) is 16.1. The molecular formula is C18H32O2Si. The molecule has 3 heteroatoms. The summed E-state index contributed by atoms with van der Waals surface area (Å²) >= 11 is 0. The molecule has 1 atom stereocenters. The maximum atomic E-state index is 9.86. The number of aliphatic hydroxyl groups is 1. The van der Waals surface area contributed by atoms with Crippen LogP contribution in [0.25, 0.3) is 0 Å². The topological polar surface area (TPSA) is 29.5 Å². The number of benzene rings is 1. The summed E-state index contributed by atoms with van der Waals surface area (Å²) < 4.78 is 6.22. The summed E-state index contributed by atoms with van der Waals surface area (Å²) in [4.78, 5) is 0. The number of aliphatic hydroxyl groups excluding tert-OH is 1. The van der Waals surface area contributed by atoms with E-state index in [4.69, 9.17) is 4.43 Å². The van der Waals surface area contributed by atoms with Gasteiger partial charge < -0.3 is 9.53 Å². The van der Waals surface area contributed by atoms with Crippen molar-refractivity contribution >= 4 is 8.32 Å². The third-order valence-corrected chi connectivity index (χ3v) is 9.15. The van der Waals surface area contributed by atoms with Crippen molar-refractivity contribution in [3.05, 3.63) is 34.9 Å². The average molecular weight is 309 g/mol. The van der Waals surface area contributed by atoms with E-state index in [1.54, 1.807) is 0 Å². The Morgan fingerprint density at radius 1 is 1.24 bits per heavy atom. The fourth-order valence-corrected chi connectivity index (χ4v) is 3.25. The van der Waals surface area contributed by atoms with Gasteiger partial charge in [-0.1, -0.05) is 44.5 Å². The Bertz CT molecular complexity index is 459. The molecule has 1 aromatic carbocycles. The predicted molar refractivity (Wildman–Crippen MR) is 93.3 cm³/mol. The maximum Gasteiger partial charge on any atom is 0.191 e. The molecule has 120 valence electrons. The van der Waals surface area contributed by atoms with Crippen LogP contribution in [0.15, 0.2) is 18.2 Å². The summed E-state index contributed by atoms with van der Waals surface area (Å²) in [7, 11) is -1.64. The van der Waals surface area contributed by atoms with Crippen LogP contribution in [-0.2, 0) is 10.8 Å². The molecule has 0 saturated carbocycles. The molecule has 0 saturated heterocycles. The van der Waals surface area contributed by atoms with E-state index in [0.717, 1.165) is 25.0 Å². The first-order valence-electron chi connectivity index (χ1n) is 7.96. The van der Waals surface area contributed by atoms with Gasteiger partial charge in [-0.2, -0.15) is 0 Å². The fourth-order valence-electron chi connectivity index (χ4n) is 2.17. The molecule has 1 rings (SSSR count). The Labute approximate surface area is 131 Å². The molecule has 0 aromatic heterocycles. The van der Waals surface area contributed by atoms with E-state index in [1.165, 1.54) is 11.1 Å². The molecule has 0 spiro atoms. The minimum Gasteiger partial charge on any atom is -0.417 e. The van der Waals surface area contributed by atoms with Gasteiger partial charge in [0.25, 0.3) is 0 Å². The highest BCUT2D eigenvalue weighted by Crippen LogP contribution is 2.36. The molecule has 0 bridgehead atoms. The van der Waals surface area contributed by atoms with Crippen molar-refractivity contribution in [3.8, 4) is 0 Å². The average Bonchev–Trinajstić information content (AvgIpc) is 2.33. The standard InChI is InChI=1S/C18H32O2Si/c1-14-10-11-17(15(2)19)16(13-14)9-8-12-20-21(6,7)18(3,4)5/h10-11,13,15,19H,8-9,12H2,1-7H3/t15-/m1/s1. The zero-order chi connectivity index (χ0) is 16.3. The van der Waals surface area contributed by atoms with Crippen molar-refractivity contribution in [3.63, 3.8) is 0 Å². The molecule has 2 nitrogen and oxygen atoms in total. The van der Waals surface area contributed by atoms with Crippen molar-refractivity contribution in [1.29, 1.82) is 0 Å². The van der Waals surface area contributed by atoms with Gasteiger partial charge >= 0.3 is 0 Å². The second-order valence-corrected chi connectivity index (χ2v) is 12.4. The monoisotopic (exact) mass is 308 g/mol. The molecule has 1 aromatic rings. The second kappa shape index (κ2) is 7.08. The fraction of sp³-hybridized carbons (Fsp3) is 0.667. The molecule has 0 aliphatic heterocycles.